The predicted octanol–water partition coefficient (Wildman–Crippen LogP) is 9.62. The van der Waals surface area contributed by atoms with Crippen LogP contribution in [0, 0.1) is 5.82 Å². The number of hydrogen-bond donors (Lipinski definition) is 0. The van der Waals surface area contributed by atoms with Crippen LogP contribution < -0.4 is 14.5 Å². The summed E-state index contributed by atoms with van der Waals surface area (Å²) >= 11 is -1.28. The van der Waals surface area contributed by atoms with Crippen LogP contribution in [0.15, 0.2) is 51.1 Å². The summed E-state index contributed by atoms with van der Waals surface area (Å²) < 4.78 is 65.0. The number of piperazine rings is 1. The summed E-state index contributed by atoms with van der Waals surface area (Å²) in [5, 5.41) is 0.658. The molecule has 3 saturated heterocycles. The fourth-order valence-electron chi connectivity index (χ4n) is 9.17. The fourth-order valence-corrected chi connectivity index (χ4v) is 11.4. The molecule has 3 fully saturated rings. The zero-order valence-electron chi connectivity index (χ0n) is 35.7. The Hall–Kier alpha value is -2.64. The van der Waals surface area contributed by atoms with Crippen molar-refractivity contribution >= 4 is 43.4 Å². The number of nitrogens with zero attached hydrogens (tertiary/aromatic N) is 5. The number of rotatable bonds is 21. The third-order valence-electron chi connectivity index (χ3n) is 12.7. The van der Waals surface area contributed by atoms with Gasteiger partial charge in [-0.15, -0.1) is 0 Å². The van der Waals surface area contributed by atoms with Crippen LogP contribution in [0.1, 0.15) is 123 Å². The maximum Gasteiger partial charge on any atom is 0.212 e. The van der Waals surface area contributed by atoms with E-state index in [1.54, 1.807) is 6.26 Å². The first-order valence-electron chi connectivity index (χ1n) is 22.7. The van der Waals surface area contributed by atoms with Crippen molar-refractivity contribution in [2.75, 3.05) is 81.6 Å². The second-order valence-corrected chi connectivity index (χ2v) is 20.1. The lowest BCUT2D eigenvalue weighted by atomic mass is 9.99. The zero-order valence-corrected chi connectivity index (χ0v) is 37.3. The van der Waals surface area contributed by atoms with Crippen LogP contribution in [0.2, 0.25) is 0 Å². The van der Waals surface area contributed by atoms with Gasteiger partial charge in [-0.3, -0.25) is 0 Å². The highest BCUT2D eigenvalue weighted by Crippen LogP contribution is 2.44. The average Bonchev–Trinajstić information content (AvgIpc) is 3.25. The molecule has 12 heteroatoms. The lowest BCUT2D eigenvalue weighted by Crippen LogP contribution is -2.48. The first-order valence-corrected chi connectivity index (χ1v) is 25.7. The zero-order chi connectivity index (χ0) is 40.9. The van der Waals surface area contributed by atoms with Crippen molar-refractivity contribution in [2.45, 2.75) is 144 Å². The number of pyridine rings is 1. The van der Waals surface area contributed by atoms with Crippen molar-refractivity contribution in [3.05, 3.63) is 42.2 Å². The van der Waals surface area contributed by atoms with Gasteiger partial charge >= 0.3 is 0 Å². The average molecular weight is 840 g/mol. The minimum absolute atomic E-state index is 0.0737. The molecule has 0 spiro atoms. The van der Waals surface area contributed by atoms with Crippen LogP contribution in [-0.4, -0.2) is 106 Å². The van der Waals surface area contributed by atoms with Crippen LogP contribution in [-0.2, 0) is 21.0 Å². The van der Waals surface area contributed by atoms with Gasteiger partial charge in [-0.25, -0.2) is 17.8 Å². The molecule has 0 bridgehead atoms. The number of hydrogen-bond acceptors (Lipinski definition) is 9. The van der Waals surface area contributed by atoms with Crippen LogP contribution in [0.3, 0.4) is 0 Å². The van der Waals surface area contributed by atoms with Gasteiger partial charge < -0.3 is 28.9 Å². The highest BCUT2D eigenvalue weighted by Gasteiger charge is 2.37. The second-order valence-electron chi connectivity index (χ2n) is 16.8. The minimum Gasteiger partial charge on any atom is -0.612 e. The topological polar surface area (TPSA) is 92.3 Å². The number of fused-ring (bicyclic) bond motifs is 1. The molecule has 58 heavy (non-hydrogen) atoms. The third-order valence-corrected chi connectivity index (χ3v) is 15.4. The molecule has 0 N–H and O–H groups in total. The number of sulfone groups is 1. The lowest BCUT2D eigenvalue weighted by Gasteiger charge is -2.42. The summed E-state index contributed by atoms with van der Waals surface area (Å²) in [6.45, 7) is 12.2. The lowest BCUT2D eigenvalue weighted by molar-refractivity contribution is 0.141. The third kappa shape index (κ3) is 11.6. The SMILES string of the molecule is CCCCCCCCCCCCCCOc1ccc(S(=O)(=O)c2c(N3CCC(N4CCCCC4)CC3)nc3ccc([S+](C)[O-])cc3c2N2CCN(CC)CC2)cc1F. The highest BCUT2D eigenvalue weighted by atomic mass is 32.2. The van der Waals surface area contributed by atoms with E-state index in [0.29, 0.717) is 66.1 Å². The first kappa shape index (κ1) is 44.9. The normalized spacial score (nSPS) is 18.3. The van der Waals surface area contributed by atoms with Crippen LogP contribution in [0.25, 0.3) is 10.9 Å². The number of piperidine rings is 2. The Morgan fingerprint density at radius 3 is 2.02 bits per heavy atom. The van der Waals surface area contributed by atoms with Gasteiger partial charge in [0, 0.05) is 56.8 Å². The molecule has 3 aliphatic rings. The molecule has 0 amide bonds. The summed E-state index contributed by atoms with van der Waals surface area (Å²) in [6.07, 6.45) is 22.0. The number of anilines is 2. The molecular formula is C46H70FN5O4S2. The van der Waals surface area contributed by atoms with Gasteiger partial charge in [0.15, 0.2) is 22.3 Å². The molecule has 1 aromatic heterocycles. The van der Waals surface area contributed by atoms with E-state index in [1.807, 2.05) is 18.2 Å². The molecular weight excluding hydrogens is 770 g/mol. The monoisotopic (exact) mass is 839 g/mol. The maximum absolute atomic E-state index is 15.9. The standard InChI is InChI=1S/C46H70FN5O4S2/c1-4-6-7-8-9-10-11-12-13-14-15-19-34-56-43-23-21-39(36-41(43)47)58(54,55)45-44(51-32-30-49(5-2)31-33-51)40-35-38(57(3)53)20-22-42(40)48-46(45)52-28-24-37(25-29-52)50-26-17-16-18-27-50/h20-23,35-37H,4-19,24-34H2,1-3H3. The van der Waals surface area contributed by atoms with Gasteiger partial charge in [-0.05, 0) is 93.2 Å². The number of aromatic nitrogens is 1. The van der Waals surface area contributed by atoms with E-state index >= 15 is 12.8 Å². The van der Waals surface area contributed by atoms with Gasteiger partial charge in [0.2, 0.25) is 9.84 Å². The fraction of sp³-hybridized carbons (Fsp3) is 0.674. The smallest absolute Gasteiger partial charge is 0.212 e. The van der Waals surface area contributed by atoms with Gasteiger partial charge in [-0.1, -0.05) is 90.9 Å². The number of likely N-dealkylation sites (N-methyl/N-ethyl adjacent to an activating group) is 1. The Balaban J connectivity index is 1.23. The largest absolute Gasteiger partial charge is 0.612 e. The molecule has 1 atom stereocenters. The van der Waals surface area contributed by atoms with Crippen molar-refractivity contribution in [1.82, 2.24) is 14.8 Å². The van der Waals surface area contributed by atoms with Gasteiger partial charge in [0.1, 0.15) is 11.2 Å². The summed E-state index contributed by atoms with van der Waals surface area (Å²) in [5.74, 6) is -0.181. The van der Waals surface area contributed by atoms with E-state index < -0.39 is 26.8 Å². The summed E-state index contributed by atoms with van der Waals surface area (Å²) in [4.78, 5) is 15.0. The first-order chi connectivity index (χ1) is 28.2. The Bertz CT molecular complexity index is 1840. The molecule has 0 radical (unpaired) electrons. The van der Waals surface area contributed by atoms with E-state index in [1.165, 1.54) is 89.2 Å². The molecule has 0 aliphatic carbocycles. The van der Waals surface area contributed by atoms with Crippen LogP contribution >= 0.6 is 0 Å². The molecule has 6 rings (SSSR count). The van der Waals surface area contributed by atoms with E-state index in [2.05, 4.69) is 33.4 Å². The second kappa shape index (κ2) is 22.3. The predicted molar refractivity (Wildman–Crippen MR) is 237 cm³/mol. The van der Waals surface area contributed by atoms with E-state index in [0.717, 1.165) is 70.9 Å². The molecule has 3 aliphatic heterocycles. The van der Waals surface area contributed by atoms with Crippen LogP contribution in [0.5, 0.6) is 5.75 Å². The van der Waals surface area contributed by atoms with Crippen molar-refractivity contribution in [3.8, 4) is 5.75 Å². The number of unbranched alkanes of at least 4 members (excludes halogenated alkanes) is 11. The van der Waals surface area contributed by atoms with Crippen LogP contribution in [0.4, 0.5) is 15.9 Å². The molecule has 4 heterocycles. The Morgan fingerprint density at radius 1 is 0.776 bits per heavy atom. The van der Waals surface area contributed by atoms with E-state index in [-0.39, 0.29) is 15.5 Å². The number of benzene rings is 2. The maximum atomic E-state index is 15.9. The molecule has 1 unspecified atom stereocenters. The summed E-state index contributed by atoms with van der Waals surface area (Å²) in [5.41, 5.74) is 1.25. The van der Waals surface area contributed by atoms with Crippen molar-refractivity contribution in [2.24, 2.45) is 0 Å². The van der Waals surface area contributed by atoms with E-state index in [9.17, 15) is 4.55 Å². The molecule has 0 saturated carbocycles. The number of likely N-dealkylation sites (tertiary alicyclic amines) is 1. The van der Waals surface area contributed by atoms with Gasteiger partial charge in [0.05, 0.1) is 22.7 Å². The van der Waals surface area contributed by atoms with E-state index in [4.69, 9.17) is 9.72 Å². The highest BCUT2D eigenvalue weighted by molar-refractivity contribution is 7.92. The minimum atomic E-state index is -4.31. The molecule has 9 nitrogen and oxygen atoms in total. The summed E-state index contributed by atoms with van der Waals surface area (Å²) in [6, 6.07) is 10.1. The molecule has 3 aromatic rings. The molecule has 2 aromatic carbocycles. The van der Waals surface area contributed by atoms with Crippen molar-refractivity contribution in [3.63, 3.8) is 0 Å². The number of ether oxygens (including phenoxy) is 1. The van der Waals surface area contributed by atoms with Gasteiger partial charge in [-0.2, -0.15) is 0 Å². The van der Waals surface area contributed by atoms with Gasteiger partial charge in [0.25, 0.3) is 0 Å². The quantitative estimate of drug-likeness (QED) is 0.0769. The Labute approximate surface area is 352 Å². The summed E-state index contributed by atoms with van der Waals surface area (Å²) in [7, 11) is -4.31. The van der Waals surface area contributed by atoms with Crippen molar-refractivity contribution in [1.29, 1.82) is 0 Å². The Morgan fingerprint density at radius 2 is 1.41 bits per heavy atom. The number of halogens is 1. The Kier molecular flexibility index (Phi) is 17.2. The molecule has 322 valence electrons. The van der Waals surface area contributed by atoms with Crippen molar-refractivity contribution < 1.29 is 22.1 Å².